The Morgan fingerprint density at radius 1 is 1.11 bits per heavy atom. The molecule has 0 unspecified atom stereocenters. The number of halogens is 1. The van der Waals surface area contributed by atoms with E-state index in [-0.39, 0.29) is 0 Å². The summed E-state index contributed by atoms with van der Waals surface area (Å²) in [6, 6.07) is 14.6. The Labute approximate surface area is 118 Å². The number of rotatable bonds is 2. The number of anilines is 2. The van der Waals surface area contributed by atoms with Gasteiger partial charge in [-0.1, -0.05) is 35.9 Å². The molecule has 2 N–H and O–H groups in total. The number of nitrogens with two attached hydrogens (primary N) is 1. The van der Waals surface area contributed by atoms with Gasteiger partial charge in [-0.15, -0.1) is 0 Å². The third kappa shape index (κ3) is 2.34. The predicted molar refractivity (Wildman–Crippen MR) is 81.1 cm³/mol. The third-order valence-corrected chi connectivity index (χ3v) is 3.95. The van der Waals surface area contributed by atoms with Crippen LogP contribution in [0.15, 0.2) is 42.5 Å². The molecule has 1 aliphatic rings. The van der Waals surface area contributed by atoms with Gasteiger partial charge in [0, 0.05) is 18.8 Å². The monoisotopic (exact) mass is 272 g/mol. The summed E-state index contributed by atoms with van der Waals surface area (Å²) in [5, 5.41) is 0.777. The highest BCUT2D eigenvalue weighted by Crippen LogP contribution is 2.37. The summed E-state index contributed by atoms with van der Waals surface area (Å²) in [5.74, 6) is 0. The van der Waals surface area contributed by atoms with Crippen molar-refractivity contribution in [3.63, 3.8) is 0 Å². The first kappa shape index (κ1) is 12.5. The summed E-state index contributed by atoms with van der Waals surface area (Å²) in [6.45, 7) is 1.54. The van der Waals surface area contributed by atoms with Crippen molar-refractivity contribution in [3.8, 4) is 0 Å². The first-order valence-corrected chi connectivity index (χ1v) is 7.01. The van der Waals surface area contributed by atoms with Crippen LogP contribution in [0.2, 0.25) is 5.02 Å². The van der Waals surface area contributed by atoms with Crippen LogP contribution in [0.3, 0.4) is 0 Å². The van der Waals surface area contributed by atoms with Crippen LogP contribution in [0.1, 0.15) is 17.5 Å². The lowest BCUT2D eigenvalue weighted by Crippen LogP contribution is -2.24. The SMILES string of the molecule is NCc1ccc(N2CCCc3ccccc32)c(Cl)c1. The van der Waals surface area contributed by atoms with Gasteiger partial charge in [0.15, 0.2) is 0 Å². The number of hydrogen-bond acceptors (Lipinski definition) is 2. The molecule has 0 atom stereocenters. The van der Waals surface area contributed by atoms with Crippen LogP contribution in [0.5, 0.6) is 0 Å². The molecule has 98 valence electrons. The first-order valence-electron chi connectivity index (χ1n) is 6.63. The van der Waals surface area contributed by atoms with E-state index in [0.717, 1.165) is 35.7 Å². The van der Waals surface area contributed by atoms with Crippen LogP contribution >= 0.6 is 11.6 Å². The fraction of sp³-hybridized carbons (Fsp3) is 0.250. The van der Waals surface area contributed by atoms with Crippen LogP contribution in [0.4, 0.5) is 11.4 Å². The quantitative estimate of drug-likeness (QED) is 0.899. The lowest BCUT2D eigenvalue weighted by atomic mass is 10.0. The molecule has 1 aliphatic heterocycles. The lowest BCUT2D eigenvalue weighted by molar-refractivity contribution is 0.767. The van der Waals surface area contributed by atoms with Gasteiger partial charge in [0.1, 0.15) is 0 Å². The van der Waals surface area contributed by atoms with Gasteiger partial charge in [-0.2, -0.15) is 0 Å². The Morgan fingerprint density at radius 2 is 1.95 bits per heavy atom. The maximum absolute atomic E-state index is 6.41. The van der Waals surface area contributed by atoms with Crippen molar-refractivity contribution in [2.75, 3.05) is 11.4 Å². The first-order chi connectivity index (χ1) is 9.29. The van der Waals surface area contributed by atoms with E-state index in [9.17, 15) is 0 Å². The van der Waals surface area contributed by atoms with Crippen LogP contribution in [-0.4, -0.2) is 6.54 Å². The molecule has 0 saturated heterocycles. The minimum atomic E-state index is 0.524. The van der Waals surface area contributed by atoms with Gasteiger partial charge in [-0.25, -0.2) is 0 Å². The smallest absolute Gasteiger partial charge is 0.0646 e. The minimum absolute atomic E-state index is 0.524. The maximum atomic E-state index is 6.41. The highest BCUT2D eigenvalue weighted by atomic mass is 35.5. The molecule has 19 heavy (non-hydrogen) atoms. The standard InChI is InChI=1S/C16H17ClN2/c17-14-10-12(11-18)7-8-16(14)19-9-3-5-13-4-1-2-6-15(13)19/h1-2,4,6-8,10H,3,5,9,11,18H2. The van der Waals surface area contributed by atoms with Crippen LogP contribution in [0, 0.1) is 0 Å². The molecule has 0 radical (unpaired) electrons. The normalized spacial score (nSPS) is 14.3. The fourth-order valence-electron chi connectivity index (χ4n) is 2.68. The van der Waals surface area contributed by atoms with E-state index in [1.165, 1.54) is 11.3 Å². The Kier molecular flexibility index (Phi) is 3.45. The number of benzene rings is 2. The van der Waals surface area contributed by atoms with E-state index < -0.39 is 0 Å². The van der Waals surface area contributed by atoms with E-state index >= 15 is 0 Å². The van der Waals surface area contributed by atoms with Crippen molar-refractivity contribution in [2.45, 2.75) is 19.4 Å². The average molecular weight is 273 g/mol. The average Bonchev–Trinajstić information content (AvgIpc) is 2.46. The largest absolute Gasteiger partial charge is 0.340 e. The van der Waals surface area contributed by atoms with Crippen molar-refractivity contribution in [1.82, 2.24) is 0 Å². The van der Waals surface area contributed by atoms with Crippen molar-refractivity contribution in [1.29, 1.82) is 0 Å². The van der Waals surface area contributed by atoms with Crippen molar-refractivity contribution in [2.24, 2.45) is 5.73 Å². The van der Waals surface area contributed by atoms with Gasteiger partial charge < -0.3 is 10.6 Å². The molecule has 2 aromatic carbocycles. The molecule has 3 heteroatoms. The highest BCUT2D eigenvalue weighted by molar-refractivity contribution is 6.33. The fourth-order valence-corrected chi connectivity index (χ4v) is 2.99. The zero-order valence-corrected chi connectivity index (χ0v) is 11.5. The highest BCUT2D eigenvalue weighted by Gasteiger charge is 2.19. The zero-order valence-electron chi connectivity index (χ0n) is 10.8. The van der Waals surface area contributed by atoms with Crippen molar-refractivity contribution < 1.29 is 0 Å². The zero-order chi connectivity index (χ0) is 13.2. The van der Waals surface area contributed by atoms with E-state index in [4.69, 9.17) is 17.3 Å². The second kappa shape index (κ2) is 5.24. The Hall–Kier alpha value is -1.51. The summed E-state index contributed by atoms with van der Waals surface area (Å²) in [4.78, 5) is 2.31. The molecule has 0 saturated carbocycles. The van der Waals surface area contributed by atoms with E-state index in [2.05, 4.69) is 41.3 Å². The van der Waals surface area contributed by atoms with Crippen LogP contribution < -0.4 is 10.6 Å². The molecule has 0 amide bonds. The topological polar surface area (TPSA) is 29.3 Å². The third-order valence-electron chi connectivity index (χ3n) is 3.65. The summed E-state index contributed by atoms with van der Waals surface area (Å²) < 4.78 is 0. The number of nitrogens with zero attached hydrogens (tertiary/aromatic N) is 1. The molecule has 0 fully saturated rings. The van der Waals surface area contributed by atoms with Crippen LogP contribution in [-0.2, 0) is 13.0 Å². The molecule has 0 aliphatic carbocycles. The molecule has 2 nitrogen and oxygen atoms in total. The van der Waals surface area contributed by atoms with Gasteiger partial charge in [0.05, 0.1) is 10.7 Å². The van der Waals surface area contributed by atoms with Gasteiger partial charge in [-0.3, -0.25) is 0 Å². The van der Waals surface area contributed by atoms with E-state index in [0.29, 0.717) is 6.54 Å². The van der Waals surface area contributed by atoms with E-state index in [1.807, 2.05) is 6.07 Å². The second-order valence-corrected chi connectivity index (χ2v) is 5.28. The molecule has 3 rings (SSSR count). The number of fused-ring (bicyclic) bond motifs is 1. The summed E-state index contributed by atoms with van der Waals surface area (Å²) in [5.41, 5.74) is 10.5. The summed E-state index contributed by atoms with van der Waals surface area (Å²) in [7, 11) is 0. The maximum Gasteiger partial charge on any atom is 0.0646 e. The number of para-hydroxylation sites is 1. The molecular weight excluding hydrogens is 256 g/mol. The molecule has 2 aromatic rings. The van der Waals surface area contributed by atoms with Gasteiger partial charge in [-0.05, 0) is 42.2 Å². The van der Waals surface area contributed by atoms with Gasteiger partial charge in [0.25, 0.3) is 0 Å². The van der Waals surface area contributed by atoms with Crippen molar-refractivity contribution >= 4 is 23.0 Å². The molecule has 0 bridgehead atoms. The molecular formula is C16H17ClN2. The van der Waals surface area contributed by atoms with Gasteiger partial charge in [0.2, 0.25) is 0 Å². The second-order valence-electron chi connectivity index (χ2n) is 4.87. The lowest BCUT2D eigenvalue weighted by Gasteiger charge is -2.32. The number of aryl methyl sites for hydroxylation is 1. The Bertz CT molecular complexity index is 595. The van der Waals surface area contributed by atoms with Gasteiger partial charge >= 0.3 is 0 Å². The Balaban J connectivity index is 2.04. The molecule has 1 heterocycles. The minimum Gasteiger partial charge on any atom is -0.340 e. The van der Waals surface area contributed by atoms with E-state index in [1.54, 1.807) is 0 Å². The number of hydrogen-bond donors (Lipinski definition) is 1. The van der Waals surface area contributed by atoms with Crippen LogP contribution in [0.25, 0.3) is 0 Å². The summed E-state index contributed by atoms with van der Waals surface area (Å²) in [6.07, 6.45) is 2.30. The molecule has 0 spiro atoms. The Morgan fingerprint density at radius 3 is 2.74 bits per heavy atom. The predicted octanol–water partition coefficient (Wildman–Crippen LogP) is 3.88. The summed E-state index contributed by atoms with van der Waals surface area (Å²) >= 11 is 6.41. The molecule has 0 aromatic heterocycles. The van der Waals surface area contributed by atoms with Crippen molar-refractivity contribution in [3.05, 3.63) is 58.6 Å².